The Morgan fingerprint density at radius 3 is 2.60 bits per heavy atom. The number of hydrogen-bond donors (Lipinski definition) is 0. The number of carbonyl (C=O) groups excluding carboxylic acids is 1. The molecule has 2 heterocycles. The zero-order chi connectivity index (χ0) is 18.1. The number of fused-ring (bicyclic) bond motifs is 2. The number of hydrogen-bond acceptors (Lipinski definition) is 3. The number of ketones is 1. The Kier molecular flexibility index (Phi) is 5.52. The molecule has 25 heavy (non-hydrogen) atoms. The van der Waals surface area contributed by atoms with Crippen LogP contribution in [-0.2, 0) is 17.6 Å². The van der Waals surface area contributed by atoms with Crippen LogP contribution in [-0.4, -0.2) is 18.2 Å². The lowest BCUT2D eigenvalue weighted by Crippen LogP contribution is -2.50. The minimum absolute atomic E-state index is 0.187. The van der Waals surface area contributed by atoms with Crippen molar-refractivity contribution in [3.05, 3.63) is 28.8 Å². The Hall–Kier alpha value is -1.35. The van der Waals surface area contributed by atoms with Crippen molar-refractivity contribution < 1.29 is 14.3 Å². The monoisotopic (exact) mass is 344 g/mol. The third-order valence-electron chi connectivity index (χ3n) is 6.32. The first kappa shape index (κ1) is 18.4. The number of benzene rings is 1. The van der Waals surface area contributed by atoms with E-state index in [1.165, 1.54) is 11.1 Å². The molecule has 3 heteroatoms. The van der Waals surface area contributed by atoms with Gasteiger partial charge in [0.25, 0.3) is 0 Å². The van der Waals surface area contributed by atoms with Crippen molar-refractivity contribution in [1.82, 2.24) is 0 Å². The predicted octanol–water partition coefficient (Wildman–Crippen LogP) is 5.19. The summed E-state index contributed by atoms with van der Waals surface area (Å²) in [5, 5.41) is 0. The SMILES string of the molecule is CCCCC(=O)c1cc(CC)cc2c1OC1O[C@H](C)C(C)[C@H](C)C1C2. The third kappa shape index (κ3) is 3.48. The van der Waals surface area contributed by atoms with Crippen LogP contribution in [0.4, 0.5) is 0 Å². The predicted molar refractivity (Wildman–Crippen MR) is 100 cm³/mol. The summed E-state index contributed by atoms with van der Waals surface area (Å²) in [5.41, 5.74) is 3.19. The van der Waals surface area contributed by atoms with Crippen molar-refractivity contribution in [2.45, 2.75) is 79.1 Å². The fraction of sp³-hybridized carbons (Fsp3) is 0.682. The minimum atomic E-state index is -0.223. The first-order valence-electron chi connectivity index (χ1n) is 9.97. The maximum Gasteiger partial charge on any atom is 0.203 e. The summed E-state index contributed by atoms with van der Waals surface area (Å²) >= 11 is 0. The third-order valence-corrected chi connectivity index (χ3v) is 6.32. The molecule has 1 fully saturated rings. The number of unbranched alkanes of at least 4 members (excludes halogenated alkanes) is 1. The second-order valence-electron chi connectivity index (χ2n) is 7.93. The zero-order valence-corrected chi connectivity index (χ0v) is 16.3. The van der Waals surface area contributed by atoms with Gasteiger partial charge in [0.1, 0.15) is 5.75 Å². The van der Waals surface area contributed by atoms with Crippen molar-refractivity contribution in [3.8, 4) is 5.75 Å². The molecular weight excluding hydrogens is 312 g/mol. The minimum Gasteiger partial charge on any atom is -0.464 e. The molecule has 0 radical (unpaired) electrons. The lowest BCUT2D eigenvalue weighted by molar-refractivity contribution is -0.216. The van der Waals surface area contributed by atoms with Crippen LogP contribution in [0.3, 0.4) is 0 Å². The summed E-state index contributed by atoms with van der Waals surface area (Å²) in [6, 6.07) is 4.27. The molecule has 1 saturated heterocycles. The Morgan fingerprint density at radius 1 is 1.16 bits per heavy atom. The van der Waals surface area contributed by atoms with Crippen LogP contribution in [0, 0.1) is 17.8 Å². The number of carbonyl (C=O) groups is 1. The summed E-state index contributed by atoms with van der Waals surface area (Å²) in [6.45, 7) is 11.0. The van der Waals surface area contributed by atoms with Gasteiger partial charge >= 0.3 is 0 Å². The number of aryl methyl sites for hydroxylation is 1. The lowest BCUT2D eigenvalue weighted by Gasteiger charge is -2.46. The van der Waals surface area contributed by atoms with Gasteiger partial charge in [0.05, 0.1) is 11.7 Å². The van der Waals surface area contributed by atoms with E-state index < -0.39 is 0 Å². The molecule has 5 atom stereocenters. The molecule has 0 N–H and O–H groups in total. The maximum absolute atomic E-state index is 12.8. The summed E-state index contributed by atoms with van der Waals surface area (Å²) in [5.74, 6) is 2.42. The highest BCUT2D eigenvalue weighted by Gasteiger charge is 2.44. The first-order chi connectivity index (χ1) is 12.0. The van der Waals surface area contributed by atoms with E-state index in [1.807, 2.05) is 6.07 Å². The van der Waals surface area contributed by atoms with Gasteiger partial charge in [-0.05, 0) is 55.2 Å². The average molecular weight is 344 g/mol. The highest BCUT2D eigenvalue weighted by atomic mass is 16.7. The highest BCUT2D eigenvalue weighted by Crippen LogP contribution is 2.44. The van der Waals surface area contributed by atoms with E-state index in [0.29, 0.717) is 24.2 Å². The summed E-state index contributed by atoms with van der Waals surface area (Å²) < 4.78 is 12.5. The number of Topliss-reactive ketones (excluding diaryl/α,β-unsaturated/α-hetero) is 1. The van der Waals surface area contributed by atoms with Gasteiger partial charge in [0.15, 0.2) is 5.78 Å². The second-order valence-corrected chi connectivity index (χ2v) is 7.93. The Morgan fingerprint density at radius 2 is 1.92 bits per heavy atom. The van der Waals surface area contributed by atoms with Crippen LogP contribution in [0.25, 0.3) is 0 Å². The zero-order valence-electron chi connectivity index (χ0n) is 16.3. The fourth-order valence-electron chi connectivity index (χ4n) is 4.20. The normalized spacial score (nSPS) is 31.0. The van der Waals surface area contributed by atoms with Gasteiger partial charge in [0, 0.05) is 12.3 Å². The van der Waals surface area contributed by atoms with Crippen LogP contribution in [0.15, 0.2) is 12.1 Å². The largest absolute Gasteiger partial charge is 0.464 e. The van der Waals surface area contributed by atoms with Gasteiger partial charge in [-0.3, -0.25) is 4.79 Å². The van der Waals surface area contributed by atoms with Gasteiger partial charge in [-0.1, -0.05) is 40.2 Å². The molecule has 0 amide bonds. The fourth-order valence-corrected chi connectivity index (χ4v) is 4.20. The molecule has 1 aromatic carbocycles. The molecular formula is C22H32O3. The Labute approximate surface area is 152 Å². The standard InChI is InChI=1S/C22H32O3/c1-6-8-9-20(23)19-11-16(7-2)10-17-12-18-14(4)13(3)15(5)24-22(18)25-21(17)19/h10-11,13-15,18,22H,6-9,12H2,1-5H3/t13?,14-,15+,18?,22?/m0/s1. The molecule has 1 aromatic rings. The van der Waals surface area contributed by atoms with Gasteiger partial charge in [-0.25, -0.2) is 0 Å². The molecule has 3 rings (SSSR count). The summed E-state index contributed by atoms with van der Waals surface area (Å²) in [7, 11) is 0. The molecule has 0 aromatic heterocycles. The quantitative estimate of drug-likeness (QED) is 0.690. The van der Waals surface area contributed by atoms with Crippen molar-refractivity contribution >= 4 is 5.78 Å². The van der Waals surface area contributed by atoms with Crippen LogP contribution in [0.5, 0.6) is 5.75 Å². The number of ether oxygens (including phenoxy) is 2. The van der Waals surface area contributed by atoms with Crippen LogP contribution >= 0.6 is 0 Å². The van der Waals surface area contributed by atoms with Gasteiger partial charge in [-0.15, -0.1) is 0 Å². The average Bonchev–Trinajstić information content (AvgIpc) is 2.62. The first-order valence-corrected chi connectivity index (χ1v) is 9.97. The maximum atomic E-state index is 12.8. The van der Waals surface area contributed by atoms with E-state index in [0.717, 1.165) is 37.0 Å². The highest BCUT2D eigenvalue weighted by molar-refractivity contribution is 5.99. The van der Waals surface area contributed by atoms with Crippen molar-refractivity contribution in [2.24, 2.45) is 17.8 Å². The second kappa shape index (κ2) is 7.49. The van der Waals surface area contributed by atoms with Crippen LogP contribution < -0.4 is 4.74 Å². The molecule has 0 spiro atoms. The molecule has 2 aliphatic rings. The van der Waals surface area contributed by atoms with E-state index in [4.69, 9.17) is 9.47 Å². The van der Waals surface area contributed by atoms with E-state index >= 15 is 0 Å². The smallest absolute Gasteiger partial charge is 0.203 e. The van der Waals surface area contributed by atoms with Crippen LogP contribution in [0.1, 0.15) is 75.4 Å². The molecule has 3 nitrogen and oxygen atoms in total. The van der Waals surface area contributed by atoms with Crippen molar-refractivity contribution in [3.63, 3.8) is 0 Å². The number of rotatable bonds is 5. The van der Waals surface area contributed by atoms with Crippen molar-refractivity contribution in [1.29, 1.82) is 0 Å². The summed E-state index contributed by atoms with van der Waals surface area (Å²) in [6.07, 6.45) is 4.40. The van der Waals surface area contributed by atoms with Gasteiger partial charge < -0.3 is 9.47 Å². The lowest BCUT2D eigenvalue weighted by atomic mass is 9.74. The molecule has 0 aliphatic carbocycles. The van der Waals surface area contributed by atoms with E-state index in [1.54, 1.807) is 0 Å². The summed E-state index contributed by atoms with van der Waals surface area (Å²) in [4.78, 5) is 12.8. The molecule has 0 saturated carbocycles. The molecule has 2 aliphatic heterocycles. The van der Waals surface area contributed by atoms with Gasteiger partial charge in [-0.2, -0.15) is 0 Å². The van der Waals surface area contributed by atoms with E-state index in [-0.39, 0.29) is 18.2 Å². The molecule has 3 unspecified atom stereocenters. The van der Waals surface area contributed by atoms with Gasteiger partial charge in [0.2, 0.25) is 6.29 Å². The van der Waals surface area contributed by atoms with Crippen LogP contribution in [0.2, 0.25) is 0 Å². The van der Waals surface area contributed by atoms with E-state index in [2.05, 4.69) is 40.7 Å². The Bertz CT molecular complexity index is 636. The van der Waals surface area contributed by atoms with Crippen molar-refractivity contribution in [2.75, 3.05) is 0 Å². The topological polar surface area (TPSA) is 35.5 Å². The Balaban J connectivity index is 1.96. The molecule has 138 valence electrons. The molecule has 0 bridgehead atoms. The van der Waals surface area contributed by atoms with E-state index in [9.17, 15) is 4.79 Å².